The lowest BCUT2D eigenvalue weighted by Crippen LogP contribution is -2.12. The summed E-state index contributed by atoms with van der Waals surface area (Å²) < 4.78 is 1.81. The lowest BCUT2D eigenvalue weighted by atomic mass is 10.1. The smallest absolute Gasteiger partial charge is 0.0695 e. The maximum Gasteiger partial charge on any atom is 0.0695 e. The molecule has 0 aliphatic carbocycles. The number of hydrogen-bond acceptors (Lipinski definition) is 3. The molecule has 5 nitrogen and oxygen atoms in total. The Bertz CT molecular complexity index is 668. The fourth-order valence-electron chi connectivity index (χ4n) is 2.20. The van der Waals surface area contributed by atoms with E-state index in [1.54, 1.807) is 0 Å². The van der Waals surface area contributed by atoms with E-state index in [0.717, 1.165) is 24.3 Å². The molecule has 0 amide bonds. The number of nitrogens with one attached hydrogen (secondary N) is 2. The summed E-state index contributed by atoms with van der Waals surface area (Å²) in [6.07, 6.45) is 5.76. The van der Waals surface area contributed by atoms with Crippen LogP contribution in [0.2, 0.25) is 0 Å². The quantitative estimate of drug-likeness (QED) is 0.744. The first kappa shape index (κ1) is 12.6. The molecule has 0 spiro atoms. The fraction of sp³-hybridized carbons (Fsp3) is 0.200. The minimum atomic E-state index is 0.773. The van der Waals surface area contributed by atoms with Crippen LogP contribution in [0.4, 0.5) is 0 Å². The van der Waals surface area contributed by atoms with Crippen LogP contribution in [0.15, 0.2) is 48.9 Å². The Kier molecular flexibility index (Phi) is 3.60. The Morgan fingerprint density at radius 3 is 2.75 bits per heavy atom. The first-order valence-electron chi connectivity index (χ1n) is 6.59. The first-order chi connectivity index (χ1) is 9.83. The topological polar surface area (TPSA) is 58.5 Å². The van der Waals surface area contributed by atoms with Crippen LogP contribution in [-0.4, -0.2) is 20.0 Å². The molecule has 0 unspecified atom stereocenters. The summed E-state index contributed by atoms with van der Waals surface area (Å²) >= 11 is 0. The molecule has 2 N–H and O–H groups in total. The van der Waals surface area contributed by atoms with Crippen LogP contribution in [-0.2, 0) is 20.1 Å². The van der Waals surface area contributed by atoms with Crippen molar-refractivity contribution >= 4 is 0 Å². The molecule has 0 saturated carbocycles. The number of H-pyrrole nitrogens is 1. The Balaban J connectivity index is 1.65. The van der Waals surface area contributed by atoms with E-state index in [1.165, 1.54) is 11.1 Å². The highest BCUT2D eigenvalue weighted by molar-refractivity contribution is 5.62. The van der Waals surface area contributed by atoms with E-state index in [-0.39, 0.29) is 0 Å². The van der Waals surface area contributed by atoms with E-state index in [0.29, 0.717) is 0 Å². The van der Waals surface area contributed by atoms with E-state index in [2.05, 4.69) is 32.7 Å². The minimum Gasteiger partial charge on any atom is -0.308 e. The molecule has 0 aliphatic rings. The number of nitrogens with zero attached hydrogens (tertiary/aromatic N) is 3. The predicted molar refractivity (Wildman–Crippen MR) is 77.8 cm³/mol. The normalized spacial score (nSPS) is 10.8. The molecule has 0 fully saturated rings. The predicted octanol–water partition coefficient (Wildman–Crippen LogP) is 2.10. The van der Waals surface area contributed by atoms with Crippen molar-refractivity contribution in [2.75, 3.05) is 0 Å². The molecular formula is C15H17N5. The van der Waals surface area contributed by atoms with Gasteiger partial charge in [0, 0.05) is 37.5 Å². The van der Waals surface area contributed by atoms with Crippen LogP contribution in [0, 0.1) is 0 Å². The number of aromatic nitrogens is 4. The zero-order valence-electron chi connectivity index (χ0n) is 11.4. The summed E-state index contributed by atoms with van der Waals surface area (Å²) in [5, 5.41) is 14.8. The molecular weight excluding hydrogens is 250 g/mol. The minimum absolute atomic E-state index is 0.773. The number of aryl methyl sites for hydroxylation is 1. The van der Waals surface area contributed by atoms with Crippen molar-refractivity contribution in [1.82, 2.24) is 25.3 Å². The van der Waals surface area contributed by atoms with Gasteiger partial charge in [0.05, 0.1) is 18.1 Å². The first-order valence-corrected chi connectivity index (χ1v) is 6.59. The maximum atomic E-state index is 4.16. The molecule has 20 heavy (non-hydrogen) atoms. The molecule has 5 heteroatoms. The Hall–Kier alpha value is -2.40. The summed E-state index contributed by atoms with van der Waals surface area (Å²) in [6.45, 7) is 1.57. The molecule has 0 aliphatic heterocycles. The van der Waals surface area contributed by atoms with E-state index in [4.69, 9.17) is 0 Å². The summed E-state index contributed by atoms with van der Waals surface area (Å²) in [5.41, 5.74) is 4.57. The summed E-state index contributed by atoms with van der Waals surface area (Å²) in [6, 6.07) is 10.2. The van der Waals surface area contributed by atoms with Gasteiger partial charge in [-0.15, -0.1) is 0 Å². The highest BCUT2D eigenvalue weighted by Crippen LogP contribution is 2.20. The van der Waals surface area contributed by atoms with Gasteiger partial charge in [0.1, 0.15) is 0 Å². The zero-order valence-corrected chi connectivity index (χ0v) is 11.4. The molecule has 3 aromatic rings. The lowest BCUT2D eigenvalue weighted by molar-refractivity contribution is 0.693. The van der Waals surface area contributed by atoms with Crippen molar-refractivity contribution in [3.63, 3.8) is 0 Å². The maximum absolute atomic E-state index is 4.16. The molecule has 3 rings (SSSR count). The van der Waals surface area contributed by atoms with Gasteiger partial charge in [-0.2, -0.15) is 10.2 Å². The van der Waals surface area contributed by atoms with Crippen LogP contribution in [0.1, 0.15) is 11.1 Å². The molecule has 0 bridgehead atoms. The van der Waals surface area contributed by atoms with Gasteiger partial charge in [-0.05, 0) is 5.56 Å². The highest BCUT2D eigenvalue weighted by atomic mass is 15.2. The van der Waals surface area contributed by atoms with Gasteiger partial charge < -0.3 is 5.32 Å². The van der Waals surface area contributed by atoms with Gasteiger partial charge in [-0.3, -0.25) is 9.78 Å². The van der Waals surface area contributed by atoms with E-state index >= 15 is 0 Å². The van der Waals surface area contributed by atoms with Gasteiger partial charge in [-0.1, -0.05) is 30.3 Å². The summed E-state index contributed by atoms with van der Waals surface area (Å²) in [4.78, 5) is 0. The van der Waals surface area contributed by atoms with E-state index in [9.17, 15) is 0 Å². The zero-order chi connectivity index (χ0) is 13.8. The average molecular weight is 267 g/mol. The van der Waals surface area contributed by atoms with E-state index < -0.39 is 0 Å². The fourth-order valence-corrected chi connectivity index (χ4v) is 2.20. The molecule has 1 aromatic carbocycles. The van der Waals surface area contributed by atoms with Gasteiger partial charge in [0.15, 0.2) is 0 Å². The standard InChI is InChI=1S/C15H17N5/c1-20-11-12(8-18-20)7-16-9-14-10-17-19-15(14)13-5-3-2-4-6-13/h2-6,8,10-11,16H,7,9H2,1H3,(H,17,19). The monoisotopic (exact) mass is 267 g/mol. The number of benzene rings is 1. The number of rotatable bonds is 5. The molecule has 2 heterocycles. The summed E-state index contributed by atoms with van der Waals surface area (Å²) in [5.74, 6) is 0. The second kappa shape index (κ2) is 5.71. The van der Waals surface area contributed by atoms with Crippen LogP contribution in [0.3, 0.4) is 0 Å². The van der Waals surface area contributed by atoms with E-state index in [1.807, 2.05) is 48.5 Å². The second-order valence-electron chi connectivity index (χ2n) is 4.76. The van der Waals surface area contributed by atoms with Crippen molar-refractivity contribution in [1.29, 1.82) is 0 Å². The van der Waals surface area contributed by atoms with Crippen molar-refractivity contribution in [2.24, 2.45) is 7.05 Å². The Morgan fingerprint density at radius 2 is 2.00 bits per heavy atom. The SMILES string of the molecule is Cn1cc(CNCc2cn[nH]c2-c2ccccc2)cn1. The highest BCUT2D eigenvalue weighted by Gasteiger charge is 2.06. The van der Waals surface area contributed by atoms with Crippen LogP contribution >= 0.6 is 0 Å². The Labute approximate surface area is 117 Å². The molecule has 2 aromatic heterocycles. The lowest BCUT2D eigenvalue weighted by Gasteiger charge is -2.04. The second-order valence-corrected chi connectivity index (χ2v) is 4.76. The van der Waals surface area contributed by atoms with Gasteiger partial charge in [0.25, 0.3) is 0 Å². The number of hydrogen-bond donors (Lipinski definition) is 2. The third-order valence-corrected chi connectivity index (χ3v) is 3.18. The third-order valence-electron chi connectivity index (χ3n) is 3.18. The van der Waals surface area contributed by atoms with Crippen molar-refractivity contribution in [3.8, 4) is 11.3 Å². The molecule has 0 atom stereocenters. The number of aromatic amines is 1. The summed E-state index contributed by atoms with van der Waals surface area (Å²) in [7, 11) is 1.92. The van der Waals surface area contributed by atoms with Crippen molar-refractivity contribution in [2.45, 2.75) is 13.1 Å². The molecule has 0 saturated heterocycles. The van der Waals surface area contributed by atoms with Crippen molar-refractivity contribution < 1.29 is 0 Å². The molecule has 102 valence electrons. The van der Waals surface area contributed by atoms with Gasteiger partial charge in [-0.25, -0.2) is 0 Å². The largest absolute Gasteiger partial charge is 0.308 e. The van der Waals surface area contributed by atoms with Crippen LogP contribution in [0.25, 0.3) is 11.3 Å². The van der Waals surface area contributed by atoms with Gasteiger partial charge >= 0.3 is 0 Å². The Morgan fingerprint density at radius 1 is 1.15 bits per heavy atom. The van der Waals surface area contributed by atoms with Crippen molar-refractivity contribution in [3.05, 3.63) is 60.0 Å². The molecule has 0 radical (unpaired) electrons. The van der Waals surface area contributed by atoms with Gasteiger partial charge in [0.2, 0.25) is 0 Å². The average Bonchev–Trinajstić information content (AvgIpc) is 3.09. The van der Waals surface area contributed by atoms with Crippen LogP contribution in [0.5, 0.6) is 0 Å². The van der Waals surface area contributed by atoms with Crippen LogP contribution < -0.4 is 5.32 Å². The third kappa shape index (κ3) is 2.78.